The Balaban J connectivity index is 1.80. The van der Waals surface area contributed by atoms with Crippen LogP contribution in [0.5, 0.6) is 0 Å². The highest BCUT2D eigenvalue weighted by molar-refractivity contribution is 8.76. The molecule has 4 heteroatoms. The fourth-order valence-corrected chi connectivity index (χ4v) is 5.13. The molecule has 0 radical (unpaired) electrons. The van der Waals surface area contributed by atoms with Crippen LogP contribution >= 0.6 is 21.6 Å². The summed E-state index contributed by atoms with van der Waals surface area (Å²) in [5.74, 6) is 1.15. The molecule has 1 heterocycles. The highest BCUT2D eigenvalue weighted by Crippen LogP contribution is 2.28. The number of nitrogens with zero attached hydrogens (tertiary/aromatic N) is 2. The topological polar surface area (TPSA) is 16.1 Å². The number of unbranched alkanes of at least 4 members (excludes halogenated alkanes) is 9. The van der Waals surface area contributed by atoms with Gasteiger partial charge in [0.2, 0.25) is 0 Å². The molecule has 0 aromatic carbocycles. The first-order valence-corrected chi connectivity index (χ1v) is 14.3. The second kappa shape index (κ2) is 21.5. The molecular formula is C26H44N2S2. The third kappa shape index (κ3) is 18.1. The van der Waals surface area contributed by atoms with Gasteiger partial charge in [0.25, 0.3) is 0 Å². The minimum atomic E-state index is 1.11. The fraction of sp³-hybridized carbons (Fsp3) is 0.654. The predicted molar refractivity (Wildman–Crippen MR) is 139 cm³/mol. The zero-order valence-electron chi connectivity index (χ0n) is 19.4. The minimum Gasteiger partial charge on any atom is -0.306 e. The largest absolute Gasteiger partial charge is 0.306 e. The Kier molecular flexibility index (Phi) is 19.6. The summed E-state index contributed by atoms with van der Waals surface area (Å²) in [6.07, 6.45) is 27.1. The molecule has 0 aliphatic carbocycles. The van der Waals surface area contributed by atoms with Crippen molar-refractivity contribution in [2.75, 3.05) is 25.9 Å². The highest BCUT2D eigenvalue weighted by atomic mass is 33.1. The van der Waals surface area contributed by atoms with Crippen LogP contribution in [0.1, 0.15) is 84.0 Å². The van der Waals surface area contributed by atoms with Crippen molar-refractivity contribution in [1.29, 1.82) is 0 Å². The van der Waals surface area contributed by atoms with Crippen molar-refractivity contribution in [3.8, 4) is 0 Å². The van der Waals surface area contributed by atoms with Gasteiger partial charge in [0.15, 0.2) is 0 Å². The first-order valence-electron chi connectivity index (χ1n) is 12.0. The standard InChI is InChI=1S/C26H44N2S2/c1-3-4-5-6-7-8-9-10-11-12-13-14-15-16-17-20-23-28(2)24-25-29-30-26-21-18-19-22-27-26/h7-8,10-11,18-19,21-22H,3-6,9,12-17,20,23-25H2,1-2H3. The Labute approximate surface area is 194 Å². The van der Waals surface area contributed by atoms with Crippen LogP contribution in [0, 0.1) is 0 Å². The molecule has 1 rings (SSSR count). The van der Waals surface area contributed by atoms with E-state index < -0.39 is 0 Å². The molecule has 0 aliphatic heterocycles. The lowest BCUT2D eigenvalue weighted by atomic mass is 10.1. The molecule has 0 saturated carbocycles. The SMILES string of the molecule is CCCCCC=CCC=CCCCCCCCCN(C)CCSSc1ccccn1. The van der Waals surface area contributed by atoms with Crippen LogP contribution in [0.15, 0.2) is 53.7 Å². The van der Waals surface area contributed by atoms with E-state index in [9.17, 15) is 0 Å². The van der Waals surface area contributed by atoms with Crippen LogP contribution in [0.3, 0.4) is 0 Å². The summed E-state index contributed by atoms with van der Waals surface area (Å²) in [5, 5.41) is 1.11. The van der Waals surface area contributed by atoms with Crippen molar-refractivity contribution < 1.29 is 0 Å². The second-order valence-electron chi connectivity index (χ2n) is 7.96. The maximum Gasteiger partial charge on any atom is 0.106 e. The fourth-order valence-electron chi connectivity index (χ4n) is 3.17. The van der Waals surface area contributed by atoms with Crippen LogP contribution in [0.4, 0.5) is 0 Å². The molecular weight excluding hydrogens is 404 g/mol. The van der Waals surface area contributed by atoms with Gasteiger partial charge < -0.3 is 4.90 Å². The molecule has 0 atom stereocenters. The van der Waals surface area contributed by atoms with E-state index in [2.05, 4.69) is 54.2 Å². The zero-order valence-corrected chi connectivity index (χ0v) is 21.1. The average Bonchev–Trinajstić information content (AvgIpc) is 2.77. The van der Waals surface area contributed by atoms with Gasteiger partial charge in [-0.05, 0) is 75.0 Å². The van der Waals surface area contributed by atoms with Crippen LogP contribution in [-0.4, -0.2) is 35.8 Å². The Morgan fingerprint density at radius 2 is 1.53 bits per heavy atom. The van der Waals surface area contributed by atoms with Gasteiger partial charge in [-0.2, -0.15) is 0 Å². The van der Waals surface area contributed by atoms with Crippen LogP contribution in [0.2, 0.25) is 0 Å². The summed E-state index contributed by atoms with van der Waals surface area (Å²) in [7, 11) is 5.93. The van der Waals surface area contributed by atoms with Gasteiger partial charge in [0, 0.05) is 18.5 Å². The van der Waals surface area contributed by atoms with E-state index in [4.69, 9.17) is 0 Å². The van der Waals surface area contributed by atoms with E-state index in [0.717, 1.165) is 23.7 Å². The summed E-state index contributed by atoms with van der Waals surface area (Å²) in [4.78, 5) is 6.81. The Hall–Kier alpha value is -0.710. The summed E-state index contributed by atoms with van der Waals surface area (Å²) in [6, 6.07) is 6.09. The maximum absolute atomic E-state index is 4.34. The first kappa shape index (κ1) is 27.3. The van der Waals surface area contributed by atoms with Gasteiger partial charge in [-0.25, -0.2) is 4.98 Å². The van der Waals surface area contributed by atoms with Crippen molar-refractivity contribution in [1.82, 2.24) is 9.88 Å². The molecule has 0 aliphatic rings. The molecule has 0 fully saturated rings. The van der Waals surface area contributed by atoms with E-state index in [1.807, 2.05) is 29.1 Å². The predicted octanol–water partition coefficient (Wildman–Crippen LogP) is 8.57. The van der Waals surface area contributed by atoms with E-state index in [0.29, 0.717) is 0 Å². The van der Waals surface area contributed by atoms with Gasteiger partial charge in [-0.3, -0.25) is 0 Å². The smallest absolute Gasteiger partial charge is 0.106 e. The number of hydrogen-bond acceptors (Lipinski definition) is 4. The van der Waals surface area contributed by atoms with Crippen molar-refractivity contribution >= 4 is 21.6 Å². The van der Waals surface area contributed by atoms with Crippen LogP contribution in [-0.2, 0) is 0 Å². The van der Waals surface area contributed by atoms with E-state index in [-0.39, 0.29) is 0 Å². The Morgan fingerprint density at radius 1 is 0.833 bits per heavy atom. The molecule has 0 N–H and O–H groups in total. The second-order valence-corrected chi connectivity index (χ2v) is 10.4. The van der Waals surface area contributed by atoms with Crippen molar-refractivity contribution in [2.24, 2.45) is 0 Å². The number of hydrogen-bond donors (Lipinski definition) is 0. The minimum absolute atomic E-state index is 1.11. The van der Waals surface area contributed by atoms with Crippen molar-refractivity contribution in [3.63, 3.8) is 0 Å². The molecule has 0 saturated heterocycles. The van der Waals surface area contributed by atoms with Gasteiger partial charge in [-0.15, -0.1) is 0 Å². The molecule has 0 unspecified atom stereocenters. The third-order valence-corrected chi connectivity index (χ3v) is 7.32. The van der Waals surface area contributed by atoms with Gasteiger partial charge in [-0.1, -0.05) is 86.6 Å². The number of pyridine rings is 1. The zero-order chi connectivity index (χ0) is 21.5. The molecule has 0 bridgehead atoms. The lowest BCUT2D eigenvalue weighted by molar-refractivity contribution is 0.343. The summed E-state index contributed by atoms with van der Waals surface area (Å²) >= 11 is 0. The average molecular weight is 449 g/mol. The molecule has 1 aromatic rings. The van der Waals surface area contributed by atoms with Gasteiger partial charge in [0.1, 0.15) is 5.03 Å². The van der Waals surface area contributed by atoms with Crippen molar-refractivity contribution in [3.05, 3.63) is 48.7 Å². The molecule has 30 heavy (non-hydrogen) atoms. The lowest BCUT2D eigenvalue weighted by Gasteiger charge is -2.15. The van der Waals surface area contributed by atoms with Crippen LogP contribution in [0.25, 0.3) is 0 Å². The first-order chi connectivity index (χ1) is 14.8. The lowest BCUT2D eigenvalue weighted by Crippen LogP contribution is -2.22. The molecule has 170 valence electrons. The molecule has 1 aromatic heterocycles. The Bertz CT molecular complexity index is 531. The number of aromatic nitrogens is 1. The van der Waals surface area contributed by atoms with E-state index in [1.165, 1.54) is 77.2 Å². The summed E-state index contributed by atoms with van der Waals surface area (Å²) < 4.78 is 0. The van der Waals surface area contributed by atoms with Crippen molar-refractivity contribution in [2.45, 2.75) is 89.0 Å². The molecule has 0 amide bonds. The van der Waals surface area contributed by atoms with Gasteiger partial charge >= 0.3 is 0 Å². The quantitative estimate of drug-likeness (QED) is 0.113. The molecule has 2 nitrogen and oxygen atoms in total. The maximum atomic E-state index is 4.34. The number of rotatable bonds is 20. The highest BCUT2D eigenvalue weighted by Gasteiger charge is 2.00. The van der Waals surface area contributed by atoms with Crippen LogP contribution < -0.4 is 0 Å². The van der Waals surface area contributed by atoms with Gasteiger partial charge in [0.05, 0.1) is 0 Å². The third-order valence-electron chi connectivity index (χ3n) is 5.08. The normalized spacial score (nSPS) is 12.0. The van der Waals surface area contributed by atoms with E-state index >= 15 is 0 Å². The van der Waals surface area contributed by atoms with E-state index in [1.54, 1.807) is 10.8 Å². The summed E-state index contributed by atoms with van der Waals surface area (Å²) in [5.41, 5.74) is 0. The molecule has 0 spiro atoms. The number of allylic oxidation sites excluding steroid dienone is 4. The Morgan fingerprint density at radius 3 is 2.23 bits per heavy atom. The monoisotopic (exact) mass is 448 g/mol. The summed E-state index contributed by atoms with van der Waals surface area (Å²) in [6.45, 7) is 4.65.